The van der Waals surface area contributed by atoms with E-state index in [4.69, 9.17) is 18.9 Å². The normalized spacial score (nSPS) is 48.9. The average molecular weight is 479 g/mol. The number of esters is 2. The number of rotatable bonds is 5. The fourth-order valence-electron chi connectivity index (χ4n) is 9.33. The average Bonchev–Trinajstić information content (AvgIpc) is 3.23. The number of ketones is 1. The van der Waals surface area contributed by atoms with Gasteiger partial charge < -0.3 is 24.1 Å². The van der Waals surface area contributed by atoms with Gasteiger partial charge in [-0.25, -0.2) is 0 Å². The first-order chi connectivity index (χ1) is 16.0. The molecule has 5 aliphatic rings. The Hall–Kier alpha value is -1.51. The number of aliphatic hydroxyl groups is 1. The first kappa shape index (κ1) is 24.2. The second-order valence-corrected chi connectivity index (χ2v) is 11.7. The van der Waals surface area contributed by atoms with Crippen molar-refractivity contribution < 1.29 is 38.4 Å². The van der Waals surface area contributed by atoms with Crippen LogP contribution in [-0.2, 0) is 33.3 Å². The Kier molecular flexibility index (Phi) is 5.69. The van der Waals surface area contributed by atoms with Crippen LogP contribution in [-0.4, -0.2) is 60.1 Å². The van der Waals surface area contributed by atoms with Gasteiger partial charge in [-0.15, -0.1) is 0 Å². The van der Waals surface area contributed by atoms with Crippen LogP contribution in [0.1, 0.15) is 78.6 Å². The molecule has 34 heavy (non-hydrogen) atoms. The lowest BCUT2D eigenvalue weighted by Crippen LogP contribution is -2.67. The predicted octanol–water partition coefficient (Wildman–Crippen LogP) is 2.93. The Morgan fingerprint density at radius 3 is 2.41 bits per heavy atom. The van der Waals surface area contributed by atoms with Crippen LogP contribution < -0.4 is 0 Å². The largest absolute Gasteiger partial charge is 0.462 e. The molecule has 9 atom stereocenters. The first-order valence-corrected chi connectivity index (χ1v) is 12.8. The van der Waals surface area contributed by atoms with E-state index < -0.39 is 28.9 Å². The van der Waals surface area contributed by atoms with E-state index in [1.807, 2.05) is 0 Å². The minimum absolute atomic E-state index is 0.000237. The summed E-state index contributed by atoms with van der Waals surface area (Å²) in [5.74, 6) is -0.603. The van der Waals surface area contributed by atoms with Crippen molar-refractivity contribution in [1.82, 2.24) is 0 Å². The number of carbonyl (C=O) groups excluding carboxylic acids is 3. The standard InChI is InChI=1S/C26H38O8/c1-15(27)32-14-19(29)18-5-6-20-23(18,3)9-8-21-25-10-7-17(33-16(2)28)13-24(25,30)11-12-26(20,21)34-22(25)31-4/h17-18,20-22,30H,5-14H2,1-4H3/t17-,18-,20-,21-,22-,23+,24+,25-,26-/m0/s1. The zero-order chi connectivity index (χ0) is 24.5. The van der Waals surface area contributed by atoms with Crippen LogP contribution in [0.4, 0.5) is 0 Å². The number of fused-ring (bicyclic) bond motifs is 1. The number of carbonyl (C=O) groups is 3. The van der Waals surface area contributed by atoms with Gasteiger partial charge in [0.2, 0.25) is 0 Å². The zero-order valence-electron chi connectivity index (χ0n) is 20.8. The molecule has 1 heterocycles. The maximum absolute atomic E-state index is 13.1. The topological polar surface area (TPSA) is 108 Å². The van der Waals surface area contributed by atoms with Crippen molar-refractivity contribution in [1.29, 1.82) is 0 Å². The number of hydrogen-bond donors (Lipinski definition) is 1. The Morgan fingerprint density at radius 1 is 0.971 bits per heavy atom. The molecule has 190 valence electrons. The monoisotopic (exact) mass is 478 g/mol. The van der Waals surface area contributed by atoms with Gasteiger partial charge in [0, 0.05) is 39.2 Å². The summed E-state index contributed by atoms with van der Waals surface area (Å²) in [5, 5.41) is 12.1. The van der Waals surface area contributed by atoms with Crippen molar-refractivity contribution in [3.63, 3.8) is 0 Å². The molecule has 4 saturated carbocycles. The molecule has 8 heteroatoms. The van der Waals surface area contributed by atoms with Gasteiger partial charge in [-0.3, -0.25) is 14.4 Å². The molecule has 5 fully saturated rings. The highest BCUT2D eigenvalue weighted by Gasteiger charge is 2.79. The van der Waals surface area contributed by atoms with Gasteiger partial charge in [-0.1, -0.05) is 6.92 Å². The molecule has 0 aromatic carbocycles. The minimum Gasteiger partial charge on any atom is -0.462 e. The highest BCUT2D eigenvalue weighted by Crippen LogP contribution is 2.75. The Morgan fingerprint density at radius 2 is 1.74 bits per heavy atom. The molecule has 5 rings (SSSR count). The summed E-state index contributed by atoms with van der Waals surface area (Å²) < 4.78 is 23.4. The lowest BCUT2D eigenvalue weighted by Gasteiger charge is -2.63. The third kappa shape index (κ3) is 3.10. The molecule has 1 N–H and O–H groups in total. The zero-order valence-corrected chi connectivity index (χ0v) is 20.8. The molecule has 0 unspecified atom stereocenters. The Labute approximate surface area is 201 Å². The SMILES string of the molecule is CO[C@H]1O[C@]23CC[C@@]4(O)C[C@@H](OC(C)=O)CC[C@]14[C@@H]2CC[C@]1(C)[C@H](C(=O)COC(C)=O)CC[C@@H]13. The number of ether oxygens (including phenoxy) is 4. The van der Waals surface area contributed by atoms with Crippen LogP contribution >= 0.6 is 0 Å². The van der Waals surface area contributed by atoms with Crippen molar-refractivity contribution in [2.75, 3.05) is 13.7 Å². The molecule has 2 bridgehead atoms. The Bertz CT molecular complexity index is 888. The van der Waals surface area contributed by atoms with E-state index in [9.17, 15) is 19.5 Å². The van der Waals surface area contributed by atoms with E-state index in [1.165, 1.54) is 13.8 Å². The fourth-order valence-corrected chi connectivity index (χ4v) is 9.33. The van der Waals surface area contributed by atoms with Gasteiger partial charge in [0.25, 0.3) is 0 Å². The molecule has 8 nitrogen and oxygen atoms in total. The van der Waals surface area contributed by atoms with Gasteiger partial charge in [0.1, 0.15) is 12.7 Å². The summed E-state index contributed by atoms with van der Waals surface area (Å²) in [4.78, 5) is 35.9. The lowest BCUT2D eigenvalue weighted by molar-refractivity contribution is -0.241. The van der Waals surface area contributed by atoms with Crippen molar-refractivity contribution in [3.05, 3.63) is 0 Å². The number of Topliss-reactive ketones (excluding diaryl/α,β-unsaturated/α-hetero) is 1. The quantitative estimate of drug-likeness (QED) is 0.601. The van der Waals surface area contributed by atoms with Crippen LogP contribution in [0, 0.1) is 28.6 Å². The third-order valence-corrected chi connectivity index (χ3v) is 10.5. The molecule has 1 aliphatic heterocycles. The molecular weight excluding hydrogens is 440 g/mol. The summed E-state index contributed by atoms with van der Waals surface area (Å²) in [6.45, 7) is 4.78. The van der Waals surface area contributed by atoms with Crippen molar-refractivity contribution in [2.45, 2.75) is 102 Å². The highest BCUT2D eigenvalue weighted by molar-refractivity contribution is 5.85. The van der Waals surface area contributed by atoms with Crippen LogP contribution in [0.2, 0.25) is 0 Å². The molecule has 0 amide bonds. The van der Waals surface area contributed by atoms with E-state index in [0.717, 1.165) is 25.7 Å². The molecule has 1 saturated heterocycles. The summed E-state index contributed by atoms with van der Waals surface area (Å²) in [5.41, 5.74) is -2.24. The molecule has 0 aromatic heterocycles. The number of hydrogen-bond acceptors (Lipinski definition) is 8. The second-order valence-electron chi connectivity index (χ2n) is 11.7. The van der Waals surface area contributed by atoms with E-state index >= 15 is 0 Å². The Balaban J connectivity index is 1.46. The third-order valence-electron chi connectivity index (χ3n) is 10.5. The lowest BCUT2D eigenvalue weighted by atomic mass is 9.42. The van der Waals surface area contributed by atoms with Crippen LogP contribution in [0.3, 0.4) is 0 Å². The van der Waals surface area contributed by atoms with Gasteiger partial charge in [-0.2, -0.15) is 0 Å². The van der Waals surface area contributed by atoms with E-state index in [-0.39, 0.29) is 47.6 Å². The molecule has 4 aliphatic carbocycles. The van der Waals surface area contributed by atoms with Gasteiger partial charge in [0.05, 0.1) is 16.6 Å². The van der Waals surface area contributed by atoms with Crippen LogP contribution in [0.25, 0.3) is 0 Å². The summed E-state index contributed by atoms with van der Waals surface area (Å²) >= 11 is 0. The fraction of sp³-hybridized carbons (Fsp3) is 0.885. The first-order valence-electron chi connectivity index (χ1n) is 12.8. The van der Waals surface area contributed by atoms with E-state index in [2.05, 4.69) is 6.92 Å². The van der Waals surface area contributed by atoms with Gasteiger partial charge in [0.15, 0.2) is 12.1 Å². The molecular formula is C26H38O8. The van der Waals surface area contributed by atoms with E-state index in [1.54, 1.807) is 7.11 Å². The highest BCUT2D eigenvalue weighted by atomic mass is 16.7. The maximum atomic E-state index is 13.1. The predicted molar refractivity (Wildman–Crippen MR) is 119 cm³/mol. The van der Waals surface area contributed by atoms with Gasteiger partial charge in [-0.05, 0) is 62.7 Å². The molecule has 0 aromatic rings. The smallest absolute Gasteiger partial charge is 0.303 e. The van der Waals surface area contributed by atoms with Crippen molar-refractivity contribution >= 4 is 17.7 Å². The number of methoxy groups -OCH3 is 1. The molecule has 0 radical (unpaired) electrons. The minimum atomic E-state index is -1.02. The van der Waals surface area contributed by atoms with E-state index in [0.29, 0.717) is 32.1 Å². The van der Waals surface area contributed by atoms with Gasteiger partial charge >= 0.3 is 11.9 Å². The summed E-state index contributed by atoms with van der Waals surface area (Å²) in [6.07, 6.45) is 5.60. The van der Waals surface area contributed by atoms with Crippen LogP contribution in [0.5, 0.6) is 0 Å². The van der Waals surface area contributed by atoms with Crippen molar-refractivity contribution in [3.8, 4) is 0 Å². The van der Waals surface area contributed by atoms with Crippen molar-refractivity contribution in [2.24, 2.45) is 28.6 Å². The van der Waals surface area contributed by atoms with Crippen LogP contribution in [0.15, 0.2) is 0 Å². The maximum Gasteiger partial charge on any atom is 0.303 e. The second kappa shape index (κ2) is 8.00. The summed E-state index contributed by atoms with van der Waals surface area (Å²) in [7, 11) is 1.65. The molecule has 1 spiro atoms. The summed E-state index contributed by atoms with van der Waals surface area (Å²) in [6, 6.07) is 0.